The van der Waals surface area contributed by atoms with E-state index in [-0.39, 0.29) is 6.09 Å². The normalized spacial score (nSPS) is 21.1. The number of benzene rings is 1. The summed E-state index contributed by atoms with van der Waals surface area (Å²) >= 11 is 0. The molecule has 0 spiro atoms. The molecule has 0 radical (unpaired) electrons. The molecule has 2 fully saturated rings. The van der Waals surface area contributed by atoms with Gasteiger partial charge in [0.1, 0.15) is 17.5 Å². The summed E-state index contributed by atoms with van der Waals surface area (Å²) in [4.78, 5) is 27.4. The van der Waals surface area contributed by atoms with E-state index >= 15 is 0 Å². The van der Waals surface area contributed by atoms with E-state index in [1.54, 1.807) is 11.0 Å². The van der Waals surface area contributed by atoms with Crippen molar-refractivity contribution in [2.24, 2.45) is 0 Å². The molecule has 1 aromatic heterocycles. The van der Waals surface area contributed by atoms with Gasteiger partial charge in [-0.2, -0.15) is 10.2 Å². The molecule has 1 aromatic carbocycles. The number of carbonyl (C=O) groups excluding carboxylic acids is 1. The van der Waals surface area contributed by atoms with Gasteiger partial charge in [-0.25, -0.2) is 9.78 Å². The number of aromatic nitrogens is 2. The summed E-state index contributed by atoms with van der Waals surface area (Å²) in [5.41, 5.74) is 3.81. The highest BCUT2D eigenvalue weighted by Gasteiger charge is 2.37. The third kappa shape index (κ3) is 5.47. The van der Waals surface area contributed by atoms with Gasteiger partial charge < -0.3 is 25.2 Å². The van der Waals surface area contributed by atoms with E-state index in [1.807, 2.05) is 0 Å². The Labute approximate surface area is 217 Å². The molecule has 194 valence electrons. The zero-order valence-corrected chi connectivity index (χ0v) is 21.5. The van der Waals surface area contributed by atoms with E-state index in [0.29, 0.717) is 55.5 Å². The molecule has 2 N–H and O–H groups in total. The van der Waals surface area contributed by atoms with Gasteiger partial charge in [-0.3, -0.25) is 4.90 Å². The van der Waals surface area contributed by atoms with Crippen LogP contribution >= 0.6 is 0 Å². The Kier molecular flexibility index (Phi) is 7.42. The third-order valence-corrected chi connectivity index (χ3v) is 7.58. The molecule has 3 aliphatic heterocycles. The molecule has 10 nitrogen and oxygen atoms in total. The van der Waals surface area contributed by atoms with Crippen molar-refractivity contribution in [2.75, 3.05) is 55.3 Å². The second kappa shape index (κ2) is 11.0. The minimum Gasteiger partial charge on any atom is -0.418 e. The van der Waals surface area contributed by atoms with Crippen LogP contribution < -0.4 is 15.5 Å². The molecule has 1 amide bonds. The van der Waals surface area contributed by atoms with Crippen LogP contribution in [-0.2, 0) is 11.2 Å². The van der Waals surface area contributed by atoms with Crippen LogP contribution in [0.15, 0.2) is 36.7 Å². The number of hydrogen-bond donors (Lipinski definition) is 2. The first kappa shape index (κ1) is 24.8. The summed E-state index contributed by atoms with van der Waals surface area (Å²) in [5.74, 6) is 0.912. The molecule has 0 aliphatic carbocycles. The van der Waals surface area contributed by atoms with Crippen molar-refractivity contribution in [1.29, 1.82) is 5.26 Å². The van der Waals surface area contributed by atoms with Gasteiger partial charge in [0, 0.05) is 56.2 Å². The second-order valence-corrected chi connectivity index (χ2v) is 9.83. The van der Waals surface area contributed by atoms with Crippen molar-refractivity contribution < 1.29 is 9.53 Å². The third-order valence-electron chi connectivity index (χ3n) is 7.58. The number of rotatable bonds is 9. The molecule has 4 heterocycles. The number of likely N-dealkylation sites (N-methyl/N-ethyl adjacent to an activating group) is 1. The number of ether oxygens (including phenoxy) is 1. The van der Waals surface area contributed by atoms with Crippen LogP contribution in [0, 0.1) is 11.3 Å². The Bertz CT molecular complexity index is 1200. The fourth-order valence-corrected chi connectivity index (χ4v) is 5.38. The van der Waals surface area contributed by atoms with E-state index in [2.05, 4.69) is 68.6 Å². The van der Waals surface area contributed by atoms with Crippen molar-refractivity contribution >= 4 is 29.2 Å². The molecular weight excluding hydrogens is 468 g/mol. The molecule has 2 bridgehead atoms. The van der Waals surface area contributed by atoms with E-state index in [4.69, 9.17) is 4.74 Å². The fraction of sp³-hybridized carbons (Fsp3) is 0.481. The Hall–Kier alpha value is -3.84. The number of carbonyl (C=O) groups is 1. The molecular formula is C27H34N8O2. The summed E-state index contributed by atoms with van der Waals surface area (Å²) in [6.07, 6.45) is 8.55. The lowest BCUT2D eigenvalue weighted by Gasteiger charge is -2.40. The maximum Gasteiger partial charge on any atom is 0.414 e. The Morgan fingerprint density at radius 2 is 2.05 bits per heavy atom. The summed E-state index contributed by atoms with van der Waals surface area (Å²) < 4.78 is 4.90. The average molecular weight is 503 g/mol. The van der Waals surface area contributed by atoms with Crippen molar-refractivity contribution in [3.8, 4) is 6.07 Å². The number of cyclic esters (lactones) is 1. The first-order valence-corrected chi connectivity index (χ1v) is 13.0. The van der Waals surface area contributed by atoms with Gasteiger partial charge in [0.05, 0.1) is 12.5 Å². The number of hydrogen-bond acceptors (Lipinski definition) is 9. The lowest BCUT2D eigenvalue weighted by Crippen LogP contribution is -2.52. The highest BCUT2D eigenvalue weighted by molar-refractivity contribution is 5.69. The lowest BCUT2D eigenvalue weighted by atomic mass is 10.1. The molecule has 37 heavy (non-hydrogen) atoms. The number of anilines is 4. The highest BCUT2D eigenvalue weighted by atomic mass is 16.5. The Morgan fingerprint density at radius 3 is 2.78 bits per heavy atom. The SMILES string of the molecule is CCc1cc(N2C[C@H]3CC[C@@H](C2)N3C)ccc1Nc1ncc(C#N)c(NCCCN2CC=COC2=O)n1. The monoisotopic (exact) mass is 502 g/mol. The smallest absolute Gasteiger partial charge is 0.414 e. The van der Waals surface area contributed by atoms with Crippen molar-refractivity contribution in [1.82, 2.24) is 19.8 Å². The highest BCUT2D eigenvalue weighted by Crippen LogP contribution is 2.33. The summed E-state index contributed by atoms with van der Waals surface area (Å²) in [6, 6.07) is 9.99. The van der Waals surface area contributed by atoms with Crippen molar-refractivity contribution in [3.05, 3.63) is 47.9 Å². The first-order valence-electron chi connectivity index (χ1n) is 13.0. The zero-order chi connectivity index (χ0) is 25.8. The zero-order valence-electron chi connectivity index (χ0n) is 21.5. The molecule has 5 rings (SSSR count). The second-order valence-electron chi connectivity index (χ2n) is 9.83. The molecule has 0 unspecified atom stereocenters. The van der Waals surface area contributed by atoms with Crippen LogP contribution in [0.1, 0.15) is 37.3 Å². The molecule has 10 heteroatoms. The lowest BCUT2D eigenvalue weighted by molar-refractivity contribution is 0.133. The van der Waals surface area contributed by atoms with Crippen LogP contribution in [0.25, 0.3) is 0 Å². The van der Waals surface area contributed by atoms with Gasteiger partial charge >= 0.3 is 6.09 Å². The average Bonchev–Trinajstić information content (AvgIpc) is 3.11. The minimum absolute atomic E-state index is 0.341. The van der Waals surface area contributed by atoms with Crippen LogP contribution in [-0.4, -0.2) is 77.7 Å². The van der Waals surface area contributed by atoms with Gasteiger partial charge in [-0.05, 0) is 62.6 Å². The van der Waals surface area contributed by atoms with Gasteiger partial charge in [-0.1, -0.05) is 6.92 Å². The summed E-state index contributed by atoms with van der Waals surface area (Å²) in [5, 5.41) is 16.1. The number of nitrogens with zero attached hydrogens (tertiary/aromatic N) is 6. The van der Waals surface area contributed by atoms with Crippen LogP contribution in [0.5, 0.6) is 0 Å². The molecule has 2 aromatic rings. The van der Waals surface area contributed by atoms with E-state index in [9.17, 15) is 10.1 Å². The molecule has 0 saturated carbocycles. The standard InChI is InChI=1S/C27H34N8O2/c1-3-19-14-21(35-17-22-6-7-23(18-35)33(22)2)8-9-24(19)31-26-30-16-20(15-28)25(32-26)29-10-4-11-34-12-5-13-37-27(34)36/h5,8-9,13-14,16,22-23H,3-4,6-7,10-12,17-18H2,1-2H3,(H2,29,30,31,32)/t22-,23+. The van der Waals surface area contributed by atoms with Crippen LogP contribution in [0.2, 0.25) is 0 Å². The van der Waals surface area contributed by atoms with Gasteiger partial charge in [0.15, 0.2) is 0 Å². The Morgan fingerprint density at radius 1 is 1.24 bits per heavy atom. The van der Waals surface area contributed by atoms with Gasteiger partial charge in [0.25, 0.3) is 0 Å². The van der Waals surface area contributed by atoms with Crippen molar-refractivity contribution in [3.63, 3.8) is 0 Å². The summed E-state index contributed by atoms with van der Waals surface area (Å²) in [6.45, 7) is 5.95. The van der Waals surface area contributed by atoms with E-state index < -0.39 is 0 Å². The first-order chi connectivity index (χ1) is 18.1. The largest absolute Gasteiger partial charge is 0.418 e. The molecule has 3 aliphatic rings. The number of nitriles is 1. The van der Waals surface area contributed by atoms with Gasteiger partial charge in [0.2, 0.25) is 5.95 Å². The minimum atomic E-state index is -0.341. The Balaban J connectivity index is 1.23. The summed E-state index contributed by atoms with van der Waals surface area (Å²) in [7, 11) is 2.26. The maximum absolute atomic E-state index is 11.7. The number of piperazine rings is 1. The van der Waals surface area contributed by atoms with E-state index in [0.717, 1.165) is 25.2 Å². The predicted molar refractivity (Wildman–Crippen MR) is 143 cm³/mol. The quantitative estimate of drug-likeness (QED) is 0.496. The van der Waals surface area contributed by atoms with E-state index in [1.165, 1.54) is 36.6 Å². The fourth-order valence-electron chi connectivity index (χ4n) is 5.38. The number of fused-ring (bicyclic) bond motifs is 2. The number of aryl methyl sites for hydroxylation is 1. The number of nitrogens with one attached hydrogen (secondary N) is 2. The predicted octanol–water partition coefficient (Wildman–Crippen LogP) is 3.70. The maximum atomic E-state index is 11.7. The van der Waals surface area contributed by atoms with Gasteiger partial charge in [-0.15, -0.1) is 0 Å². The molecule has 2 atom stereocenters. The van der Waals surface area contributed by atoms with Crippen LogP contribution in [0.3, 0.4) is 0 Å². The van der Waals surface area contributed by atoms with Crippen LogP contribution in [0.4, 0.5) is 27.9 Å². The number of amides is 1. The topological polar surface area (TPSA) is 110 Å². The van der Waals surface area contributed by atoms with Crippen molar-refractivity contribution in [2.45, 2.75) is 44.7 Å². The molecule has 2 saturated heterocycles.